The van der Waals surface area contributed by atoms with Crippen LogP contribution in [0.15, 0.2) is 23.2 Å². The standard InChI is InChI=1S/C18H28F2N4O2/c1-3-21-18(23-13-14(2)24-7-10-25-11-8-24)22-6-9-26-17-5-4-15(19)12-16(17)20/h4-5,12,14H,3,6-11,13H2,1-2H3,(H2,21,22,23). The largest absolute Gasteiger partial charge is 0.489 e. The van der Waals surface area contributed by atoms with E-state index in [2.05, 4.69) is 27.4 Å². The number of ether oxygens (including phenoxy) is 2. The molecule has 8 heteroatoms. The first kappa shape index (κ1) is 20.4. The maximum Gasteiger partial charge on any atom is 0.191 e. The molecule has 1 aliphatic rings. The molecule has 2 N–H and O–H groups in total. The number of benzene rings is 1. The Labute approximate surface area is 153 Å². The van der Waals surface area contributed by atoms with Crippen LogP contribution in [-0.2, 0) is 4.74 Å². The van der Waals surface area contributed by atoms with Gasteiger partial charge in [0.25, 0.3) is 0 Å². The zero-order valence-electron chi connectivity index (χ0n) is 15.4. The second-order valence-corrected chi connectivity index (χ2v) is 6.07. The number of morpholine rings is 1. The summed E-state index contributed by atoms with van der Waals surface area (Å²) >= 11 is 0. The summed E-state index contributed by atoms with van der Waals surface area (Å²) in [6, 6.07) is 3.60. The van der Waals surface area contributed by atoms with Gasteiger partial charge < -0.3 is 20.1 Å². The SMILES string of the molecule is CCNC(=NCC(C)N1CCOCC1)NCCOc1ccc(F)cc1F. The first-order valence-electron chi connectivity index (χ1n) is 9.02. The average molecular weight is 370 g/mol. The highest BCUT2D eigenvalue weighted by molar-refractivity contribution is 5.79. The van der Waals surface area contributed by atoms with Crippen molar-refractivity contribution in [2.75, 3.05) is 52.5 Å². The van der Waals surface area contributed by atoms with Crippen LogP contribution in [0.2, 0.25) is 0 Å². The van der Waals surface area contributed by atoms with Crippen LogP contribution in [-0.4, -0.2) is 69.4 Å². The van der Waals surface area contributed by atoms with E-state index >= 15 is 0 Å². The second-order valence-electron chi connectivity index (χ2n) is 6.07. The molecule has 1 fully saturated rings. The Morgan fingerprint density at radius 3 is 2.77 bits per heavy atom. The predicted molar refractivity (Wildman–Crippen MR) is 97.7 cm³/mol. The van der Waals surface area contributed by atoms with Gasteiger partial charge in [0.15, 0.2) is 17.5 Å². The van der Waals surface area contributed by atoms with Crippen molar-refractivity contribution in [2.24, 2.45) is 4.99 Å². The van der Waals surface area contributed by atoms with Crippen molar-refractivity contribution in [3.8, 4) is 5.75 Å². The lowest BCUT2D eigenvalue weighted by molar-refractivity contribution is 0.0220. The van der Waals surface area contributed by atoms with Crippen LogP contribution in [0.3, 0.4) is 0 Å². The first-order valence-corrected chi connectivity index (χ1v) is 9.02. The molecule has 146 valence electrons. The maximum absolute atomic E-state index is 13.5. The van der Waals surface area contributed by atoms with E-state index < -0.39 is 11.6 Å². The van der Waals surface area contributed by atoms with E-state index in [-0.39, 0.29) is 12.4 Å². The van der Waals surface area contributed by atoms with Gasteiger partial charge in [-0.1, -0.05) is 0 Å². The Balaban J connectivity index is 1.75. The van der Waals surface area contributed by atoms with E-state index in [0.717, 1.165) is 38.9 Å². The molecule has 0 spiro atoms. The zero-order valence-corrected chi connectivity index (χ0v) is 15.4. The highest BCUT2D eigenvalue weighted by atomic mass is 19.1. The summed E-state index contributed by atoms with van der Waals surface area (Å²) in [5.41, 5.74) is 0. The Bertz CT molecular complexity index is 580. The molecule has 0 bridgehead atoms. The lowest BCUT2D eigenvalue weighted by Crippen LogP contribution is -2.45. The van der Waals surface area contributed by atoms with E-state index in [1.807, 2.05) is 6.92 Å². The lowest BCUT2D eigenvalue weighted by Gasteiger charge is -2.31. The molecule has 1 heterocycles. The number of hydrogen-bond acceptors (Lipinski definition) is 4. The van der Waals surface area contributed by atoms with Crippen LogP contribution in [0, 0.1) is 11.6 Å². The van der Waals surface area contributed by atoms with Gasteiger partial charge in [-0.05, 0) is 26.0 Å². The zero-order chi connectivity index (χ0) is 18.8. The van der Waals surface area contributed by atoms with Crippen molar-refractivity contribution in [1.82, 2.24) is 15.5 Å². The van der Waals surface area contributed by atoms with E-state index in [1.165, 1.54) is 12.1 Å². The van der Waals surface area contributed by atoms with Gasteiger partial charge in [-0.15, -0.1) is 0 Å². The molecule has 26 heavy (non-hydrogen) atoms. The minimum Gasteiger partial charge on any atom is -0.489 e. The van der Waals surface area contributed by atoms with Gasteiger partial charge in [0.2, 0.25) is 0 Å². The van der Waals surface area contributed by atoms with Crippen molar-refractivity contribution >= 4 is 5.96 Å². The molecular formula is C18H28F2N4O2. The minimum absolute atomic E-state index is 0.0380. The average Bonchev–Trinajstić information content (AvgIpc) is 2.65. The molecule has 1 aromatic carbocycles. The van der Waals surface area contributed by atoms with Crippen LogP contribution in [0.25, 0.3) is 0 Å². The molecular weight excluding hydrogens is 342 g/mol. The van der Waals surface area contributed by atoms with Crippen LogP contribution >= 0.6 is 0 Å². The maximum atomic E-state index is 13.5. The Kier molecular flexibility index (Phi) is 8.57. The number of halogens is 2. The fourth-order valence-electron chi connectivity index (χ4n) is 2.62. The predicted octanol–water partition coefficient (Wildman–Crippen LogP) is 1.62. The molecule has 1 atom stereocenters. The number of aliphatic imine (C=N–C) groups is 1. The van der Waals surface area contributed by atoms with Gasteiger partial charge in [-0.3, -0.25) is 9.89 Å². The summed E-state index contributed by atoms with van der Waals surface area (Å²) in [6.45, 7) is 9.64. The lowest BCUT2D eigenvalue weighted by atomic mass is 10.2. The summed E-state index contributed by atoms with van der Waals surface area (Å²) < 4.78 is 37.1. The first-order chi connectivity index (χ1) is 12.6. The summed E-state index contributed by atoms with van der Waals surface area (Å²) in [4.78, 5) is 6.95. The topological polar surface area (TPSA) is 58.1 Å². The molecule has 1 aliphatic heterocycles. The Morgan fingerprint density at radius 1 is 1.31 bits per heavy atom. The number of hydrogen-bond donors (Lipinski definition) is 2. The quantitative estimate of drug-likeness (QED) is 0.414. The van der Waals surface area contributed by atoms with Crippen LogP contribution < -0.4 is 15.4 Å². The van der Waals surface area contributed by atoms with Gasteiger partial charge in [0.05, 0.1) is 26.3 Å². The van der Waals surface area contributed by atoms with E-state index in [4.69, 9.17) is 9.47 Å². The van der Waals surface area contributed by atoms with Crippen LogP contribution in [0.5, 0.6) is 5.75 Å². The van der Waals surface area contributed by atoms with Crippen molar-refractivity contribution < 1.29 is 18.3 Å². The number of guanidine groups is 1. The molecule has 0 saturated carbocycles. The fraction of sp³-hybridized carbons (Fsp3) is 0.611. The summed E-state index contributed by atoms with van der Waals surface area (Å²) in [5.74, 6) is -0.597. The third-order valence-electron chi connectivity index (χ3n) is 4.07. The van der Waals surface area contributed by atoms with Crippen molar-refractivity contribution in [3.05, 3.63) is 29.8 Å². The number of nitrogens with one attached hydrogen (secondary N) is 2. The van der Waals surface area contributed by atoms with E-state index in [9.17, 15) is 8.78 Å². The molecule has 0 aromatic heterocycles. The summed E-state index contributed by atoms with van der Waals surface area (Å²) in [5, 5.41) is 6.33. The molecule has 1 unspecified atom stereocenters. The van der Waals surface area contributed by atoms with Crippen molar-refractivity contribution in [2.45, 2.75) is 19.9 Å². The van der Waals surface area contributed by atoms with Gasteiger partial charge in [0, 0.05) is 31.7 Å². The second kappa shape index (κ2) is 10.9. The smallest absolute Gasteiger partial charge is 0.191 e. The minimum atomic E-state index is -0.704. The fourth-order valence-corrected chi connectivity index (χ4v) is 2.62. The number of rotatable bonds is 8. The molecule has 0 aliphatic carbocycles. The summed E-state index contributed by atoms with van der Waals surface area (Å²) in [6.07, 6.45) is 0. The molecule has 6 nitrogen and oxygen atoms in total. The Hall–Kier alpha value is -1.93. The van der Waals surface area contributed by atoms with E-state index in [1.54, 1.807) is 0 Å². The highest BCUT2D eigenvalue weighted by Gasteiger charge is 2.16. The highest BCUT2D eigenvalue weighted by Crippen LogP contribution is 2.17. The van der Waals surface area contributed by atoms with Crippen LogP contribution in [0.1, 0.15) is 13.8 Å². The monoisotopic (exact) mass is 370 g/mol. The molecule has 2 rings (SSSR count). The van der Waals surface area contributed by atoms with Crippen LogP contribution in [0.4, 0.5) is 8.78 Å². The molecule has 0 amide bonds. The van der Waals surface area contributed by atoms with Gasteiger partial charge in [-0.25, -0.2) is 8.78 Å². The third-order valence-corrected chi connectivity index (χ3v) is 4.07. The van der Waals surface area contributed by atoms with Gasteiger partial charge in [-0.2, -0.15) is 0 Å². The van der Waals surface area contributed by atoms with E-state index in [0.29, 0.717) is 25.1 Å². The third kappa shape index (κ3) is 6.76. The summed E-state index contributed by atoms with van der Waals surface area (Å²) in [7, 11) is 0. The number of nitrogens with zero attached hydrogens (tertiary/aromatic N) is 2. The molecule has 0 radical (unpaired) electrons. The molecule has 1 saturated heterocycles. The van der Waals surface area contributed by atoms with Gasteiger partial charge >= 0.3 is 0 Å². The molecule has 1 aromatic rings. The normalized spacial score (nSPS) is 17.0. The Morgan fingerprint density at radius 2 is 2.08 bits per heavy atom. The van der Waals surface area contributed by atoms with Crippen molar-refractivity contribution in [3.63, 3.8) is 0 Å². The van der Waals surface area contributed by atoms with Gasteiger partial charge in [0.1, 0.15) is 12.4 Å². The van der Waals surface area contributed by atoms with Crippen molar-refractivity contribution in [1.29, 1.82) is 0 Å².